The highest BCUT2D eigenvalue weighted by atomic mass is 35.5. The van der Waals surface area contributed by atoms with Crippen molar-refractivity contribution in [3.05, 3.63) is 28.0 Å². The smallest absolute Gasteiger partial charge is 0.358 e. The van der Waals surface area contributed by atoms with Crippen LogP contribution >= 0.6 is 11.6 Å². The lowest BCUT2D eigenvalue weighted by Crippen LogP contribution is -2.11. The SMILES string of the molecule is CCOC(=O)c1ncc(C(F)F)c(Cl)c1C#N. The number of pyridine rings is 1. The van der Waals surface area contributed by atoms with E-state index in [0.29, 0.717) is 0 Å². The number of esters is 1. The van der Waals surface area contributed by atoms with Crippen molar-refractivity contribution in [2.75, 3.05) is 6.61 Å². The summed E-state index contributed by atoms with van der Waals surface area (Å²) in [6, 6.07) is 1.57. The van der Waals surface area contributed by atoms with E-state index in [2.05, 4.69) is 9.72 Å². The monoisotopic (exact) mass is 260 g/mol. The van der Waals surface area contributed by atoms with Crippen LogP contribution in [-0.2, 0) is 4.74 Å². The number of carbonyl (C=O) groups excluding carboxylic acids is 1. The molecule has 1 aromatic rings. The number of nitrogens with zero attached hydrogens (tertiary/aromatic N) is 2. The van der Waals surface area contributed by atoms with E-state index < -0.39 is 28.5 Å². The summed E-state index contributed by atoms with van der Waals surface area (Å²) in [6.07, 6.45) is -2.10. The van der Waals surface area contributed by atoms with Gasteiger partial charge in [0.25, 0.3) is 6.43 Å². The Labute approximate surface area is 101 Å². The molecule has 17 heavy (non-hydrogen) atoms. The van der Waals surface area contributed by atoms with Gasteiger partial charge in [-0.05, 0) is 6.92 Å². The molecule has 90 valence electrons. The summed E-state index contributed by atoms with van der Waals surface area (Å²) < 4.78 is 29.6. The predicted octanol–water partition coefficient (Wildman–Crippen LogP) is 2.72. The molecule has 0 spiro atoms. The Balaban J connectivity index is 3.32. The van der Waals surface area contributed by atoms with Gasteiger partial charge in [-0.1, -0.05) is 11.6 Å². The lowest BCUT2D eigenvalue weighted by Gasteiger charge is -2.07. The second kappa shape index (κ2) is 5.55. The van der Waals surface area contributed by atoms with Gasteiger partial charge in [-0.15, -0.1) is 0 Å². The van der Waals surface area contributed by atoms with Crippen LogP contribution in [0.1, 0.15) is 35.0 Å². The summed E-state index contributed by atoms with van der Waals surface area (Å²) in [5, 5.41) is 8.32. The molecule has 4 nitrogen and oxygen atoms in total. The summed E-state index contributed by atoms with van der Waals surface area (Å²) in [6.45, 7) is 1.65. The average molecular weight is 261 g/mol. The number of rotatable bonds is 3. The van der Waals surface area contributed by atoms with Crippen LogP contribution in [0.2, 0.25) is 5.02 Å². The highest BCUT2D eigenvalue weighted by Gasteiger charge is 2.23. The molecule has 0 saturated carbocycles. The fourth-order valence-electron chi connectivity index (χ4n) is 1.11. The molecule has 1 rings (SSSR count). The minimum atomic E-state index is -2.86. The summed E-state index contributed by atoms with van der Waals surface area (Å²) in [5.74, 6) is -0.869. The molecule has 1 heterocycles. The molecule has 0 N–H and O–H groups in total. The van der Waals surface area contributed by atoms with Gasteiger partial charge in [0, 0.05) is 6.20 Å². The van der Waals surface area contributed by atoms with Crippen LogP contribution in [0.5, 0.6) is 0 Å². The number of nitriles is 1. The molecule has 0 aliphatic rings. The maximum atomic E-state index is 12.5. The lowest BCUT2D eigenvalue weighted by molar-refractivity contribution is 0.0518. The zero-order valence-electron chi connectivity index (χ0n) is 8.71. The van der Waals surface area contributed by atoms with Gasteiger partial charge < -0.3 is 4.74 Å². The van der Waals surface area contributed by atoms with E-state index >= 15 is 0 Å². The third-order valence-corrected chi connectivity index (χ3v) is 2.27. The zero-order valence-corrected chi connectivity index (χ0v) is 9.46. The van der Waals surface area contributed by atoms with Crippen LogP contribution < -0.4 is 0 Å². The summed E-state index contributed by atoms with van der Waals surface area (Å²) in [7, 11) is 0. The third-order valence-electron chi connectivity index (χ3n) is 1.86. The number of hydrogen-bond donors (Lipinski definition) is 0. The van der Waals surface area contributed by atoms with Gasteiger partial charge in [0.05, 0.1) is 17.2 Å². The standard InChI is InChI=1S/C10H7ClF2N2O2/c1-2-17-10(16)8-5(3-14)7(11)6(4-15-8)9(12)13/h4,9H,2H2,1H3. The number of ether oxygens (including phenoxy) is 1. The van der Waals surface area contributed by atoms with Crippen molar-refractivity contribution in [3.8, 4) is 6.07 Å². The van der Waals surface area contributed by atoms with E-state index in [1.54, 1.807) is 13.0 Å². The molecule has 7 heteroatoms. The van der Waals surface area contributed by atoms with Gasteiger partial charge in [-0.3, -0.25) is 0 Å². The third kappa shape index (κ3) is 2.68. The normalized spacial score (nSPS) is 10.1. The fourth-order valence-corrected chi connectivity index (χ4v) is 1.38. The molecule has 0 unspecified atom stereocenters. The minimum absolute atomic E-state index is 0.0829. The predicted molar refractivity (Wildman–Crippen MR) is 54.9 cm³/mol. The maximum absolute atomic E-state index is 12.5. The van der Waals surface area contributed by atoms with Gasteiger partial charge in [0.15, 0.2) is 5.69 Å². The van der Waals surface area contributed by atoms with E-state index in [-0.39, 0.29) is 12.3 Å². The molecule has 0 bridgehead atoms. The van der Waals surface area contributed by atoms with Crippen LogP contribution in [0.3, 0.4) is 0 Å². The van der Waals surface area contributed by atoms with E-state index in [9.17, 15) is 13.6 Å². The van der Waals surface area contributed by atoms with Gasteiger partial charge in [-0.2, -0.15) is 5.26 Å². The van der Waals surface area contributed by atoms with Crippen molar-refractivity contribution in [2.45, 2.75) is 13.3 Å². The van der Waals surface area contributed by atoms with Crippen molar-refractivity contribution in [2.24, 2.45) is 0 Å². The Morgan fingerprint density at radius 2 is 2.35 bits per heavy atom. The summed E-state index contributed by atoms with van der Waals surface area (Å²) in [4.78, 5) is 14.9. The fraction of sp³-hybridized carbons (Fsp3) is 0.300. The van der Waals surface area contributed by atoms with E-state index in [1.165, 1.54) is 0 Å². The van der Waals surface area contributed by atoms with Crippen molar-refractivity contribution in [1.82, 2.24) is 4.98 Å². The molecule has 0 aromatic carbocycles. The molecule has 0 fully saturated rings. The van der Waals surface area contributed by atoms with Crippen molar-refractivity contribution in [1.29, 1.82) is 5.26 Å². The Morgan fingerprint density at radius 3 is 2.82 bits per heavy atom. The van der Waals surface area contributed by atoms with Gasteiger partial charge in [-0.25, -0.2) is 18.6 Å². The van der Waals surface area contributed by atoms with E-state index in [0.717, 1.165) is 6.20 Å². The highest BCUT2D eigenvalue weighted by Crippen LogP contribution is 2.30. The molecule has 0 radical (unpaired) electrons. The molecule has 0 aliphatic heterocycles. The number of halogens is 3. The summed E-state index contributed by atoms with van der Waals surface area (Å²) in [5.41, 5.74) is -1.34. The van der Waals surface area contributed by atoms with Crippen molar-refractivity contribution >= 4 is 17.6 Å². The molecule has 0 saturated heterocycles. The van der Waals surface area contributed by atoms with Crippen LogP contribution in [0.4, 0.5) is 8.78 Å². The topological polar surface area (TPSA) is 63.0 Å². The first-order valence-electron chi connectivity index (χ1n) is 4.56. The Bertz CT molecular complexity index is 486. The number of hydrogen-bond acceptors (Lipinski definition) is 4. The second-order valence-electron chi connectivity index (χ2n) is 2.88. The average Bonchev–Trinajstić information content (AvgIpc) is 2.28. The minimum Gasteiger partial charge on any atom is -0.461 e. The first-order valence-corrected chi connectivity index (χ1v) is 4.94. The molecule has 0 aliphatic carbocycles. The van der Waals surface area contributed by atoms with E-state index in [1.807, 2.05) is 0 Å². The highest BCUT2D eigenvalue weighted by molar-refractivity contribution is 6.33. The van der Waals surface area contributed by atoms with Crippen LogP contribution in [0.15, 0.2) is 6.20 Å². The van der Waals surface area contributed by atoms with Crippen LogP contribution in [0.25, 0.3) is 0 Å². The number of alkyl halides is 2. The van der Waals surface area contributed by atoms with Crippen molar-refractivity contribution in [3.63, 3.8) is 0 Å². The Kier molecular flexibility index (Phi) is 4.35. The molecule has 0 atom stereocenters. The van der Waals surface area contributed by atoms with Crippen LogP contribution in [0, 0.1) is 11.3 Å². The van der Waals surface area contributed by atoms with Gasteiger partial charge in [0.2, 0.25) is 0 Å². The van der Waals surface area contributed by atoms with E-state index in [4.69, 9.17) is 16.9 Å². The largest absolute Gasteiger partial charge is 0.461 e. The molecular weight excluding hydrogens is 254 g/mol. The van der Waals surface area contributed by atoms with Gasteiger partial charge >= 0.3 is 5.97 Å². The number of carbonyl (C=O) groups is 1. The Hall–Kier alpha value is -1.74. The van der Waals surface area contributed by atoms with Gasteiger partial charge in [0.1, 0.15) is 11.6 Å². The first kappa shape index (κ1) is 13.3. The quantitative estimate of drug-likeness (QED) is 0.784. The zero-order chi connectivity index (χ0) is 13.0. The maximum Gasteiger partial charge on any atom is 0.358 e. The van der Waals surface area contributed by atoms with Crippen LogP contribution in [-0.4, -0.2) is 17.6 Å². The molecule has 1 aromatic heterocycles. The van der Waals surface area contributed by atoms with Crippen molar-refractivity contribution < 1.29 is 18.3 Å². The molecular formula is C10H7ClF2N2O2. The second-order valence-corrected chi connectivity index (χ2v) is 3.26. The Morgan fingerprint density at radius 1 is 1.71 bits per heavy atom. The summed E-state index contributed by atoms with van der Waals surface area (Å²) >= 11 is 5.60. The lowest BCUT2D eigenvalue weighted by atomic mass is 10.1. The molecule has 0 amide bonds. The number of aromatic nitrogens is 1. The first-order chi connectivity index (χ1) is 8.02.